The predicted molar refractivity (Wildman–Crippen MR) is 153 cm³/mol. The molecule has 35 heavy (non-hydrogen) atoms. The van der Waals surface area contributed by atoms with Crippen molar-refractivity contribution in [1.29, 1.82) is 0 Å². The molecule has 4 rings (SSSR count). The molecular formula is C33H34BrP. The number of rotatable bonds is 7. The van der Waals surface area contributed by atoms with E-state index in [1.165, 1.54) is 43.7 Å². The summed E-state index contributed by atoms with van der Waals surface area (Å²) in [5, 5.41) is 4.27. The molecule has 0 spiro atoms. The number of hydrogen-bond donors (Lipinski definition) is 0. The molecule has 0 bridgehead atoms. The number of benzene rings is 4. The highest BCUT2D eigenvalue weighted by molar-refractivity contribution is 7.95. The van der Waals surface area contributed by atoms with Gasteiger partial charge in [0, 0.05) is 0 Å². The Morgan fingerprint density at radius 3 is 1.51 bits per heavy atom. The molecule has 0 aliphatic carbocycles. The lowest BCUT2D eigenvalue weighted by Gasteiger charge is -2.26. The number of allylic oxidation sites excluding steroid dienone is 3. The highest BCUT2D eigenvalue weighted by atomic mass is 79.9. The Balaban J connectivity index is 0.00000342. The fourth-order valence-electron chi connectivity index (χ4n) is 4.60. The zero-order valence-electron chi connectivity index (χ0n) is 21.1. The summed E-state index contributed by atoms with van der Waals surface area (Å²) in [6.45, 7) is 8.83. The van der Waals surface area contributed by atoms with Crippen molar-refractivity contribution in [2.24, 2.45) is 0 Å². The van der Waals surface area contributed by atoms with E-state index in [1.807, 2.05) is 0 Å². The van der Waals surface area contributed by atoms with Gasteiger partial charge in [-0.1, -0.05) is 84.5 Å². The molecule has 178 valence electrons. The second-order valence-corrected chi connectivity index (χ2v) is 12.6. The summed E-state index contributed by atoms with van der Waals surface area (Å²) in [6.07, 6.45) is 8.01. The summed E-state index contributed by atoms with van der Waals surface area (Å²) in [4.78, 5) is 0. The van der Waals surface area contributed by atoms with Crippen LogP contribution < -0.4 is 32.9 Å². The second-order valence-electron chi connectivity index (χ2n) is 9.02. The Hall–Kier alpha value is -2.73. The average molecular weight is 542 g/mol. The summed E-state index contributed by atoms with van der Waals surface area (Å²) in [5.41, 5.74) is 6.67. The molecule has 2 heteroatoms. The van der Waals surface area contributed by atoms with Gasteiger partial charge in [-0.2, -0.15) is 0 Å². The van der Waals surface area contributed by atoms with E-state index in [2.05, 4.69) is 149 Å². The van der Waals surface area contributed by atoms with Gasteiger partial charge in [0.15, 0.2) is 0 Å². The van der Waals surface area contributed by atoms with Gasteiger partial charge in [-0.15, -0.1) is 0 Å². The number of aryl methyl sites for hydroxylation is 2. The van der Waals surface area contributed by atoms with Crippen LogP contribution >= 0.6 is 7.26 Å². The average Bonchev–Trinajstić information content (AvgIpc) is 2.89. The molecule has 0 aliphatic rings. The first-order valence-corrected chi connectivity index (χ1v) is 14.0. The lowest BCUT2D eigenvalue weighted by Crippen LogP contribution is -3.00. The van der Waals surface area contributed by atoms with Crippen molar-refractivity contribution in [1.82, 2.24) is 0 Å². The third-order valence-corrected chi connectivity index (χ3v) is 11.1. The number of halogens is 1. The van der Waals surface area contributed by atoms with Crippen LogP contribution in [0.3, 0.4) is 0 Å². The molecule has 0 unspecified atom stereocenters. The van der Waals surface area contributed by atoms with Gasteiger partial charge in [-0.3, -0.25) is 0 Å². The summed E-state index contributed by atoms with van der Waals surface area (Å²) in [6, 6.07) is 37.7. The van der Waals surface area contributed by atoms with Crippen molar-refractivity contribution in [3.63, 3.8) is 0 Å². The largest absolute Gasteiger partial charge is 1.00 e. The van der Waals surface area contributed by atoms with Gasteiger partial charge in [-0.25, -0.2) is 0 Å². The van der Waals surface area contributed by atoms with Crippen LogP contribution in [0.2, 0.25) is 0 Å². The summed E-state index contributed by atoms with van der Waals surface area (Å²) < 4.78 is 0. The lowest BCUT2D eigenvalue weighted by atomic mass is 9.97. The van der Waals surface area contributed by atoms with E-state index in [1.54, 1.807) is 0 Å². The smallest absolute Gasteiger partial charge is 0.115 e. The van der Waals surface area contributed by atoms with Gasteiger partial charge in [0.25, 0.3) is 0 Å². The van der Waals surface area contributed by atoms with Gasteiger partial charge >= 0.3 is 0 Å². The van der Waals surface area contributed by atoms with E-state index in [-0.39, 0.29) is 17.0 Å². The minimum atomic E-state index is -1.84. The fourth-order valence-corrected chi connectivity index (χ4v) is 8.74. The van der Waals surface area contributed by atoms with E-state index in [9.17, 15) is 0 Å². The van der Waals surface area contributed by atoms with Crippen molar-refractivity contribution < 1.29 is 17.0 Å². The zero-order chi connectivity index (χ0) is 24.0. The van der Waals surface area contributed by atoms with Crippen LogP contribution in [0.1, 0.15) is 29.2 Å². The molecule has 0 nitrogen and oxygen atoms in total. The van der Waals surface area contributed by atoms with Crippen LogP contribution in [-0.4, -0.2) is 6.16 Å². The minimum Gasteiger partial charge on any atom is -1.00 e. The molecule has 0 heterocycles. The molecule has 0 fully saturated rings. The molecule has 4 aromatic carbocycles. The van der Waals surface area contributed by atoms with Crippen molar-refractivity contribution >= 4 is 29.3 Å². The van der Waals surface area contributed by atoms with E-state index >= 15 is 0 Å². The van der Waals surface area contributed by atoms with Gasteiger partial charge < -0.3 is 17.0 Å². The van der Waals surface area contributed by atoms with Gasteiger partial charge in [0.05, 0.1) is 6.16 Å². The van der Waals surface area contributed by atoms with E-state index in [0.29, 0.717) is 0 Å². The number of hydrogen-bond acceptors (Lipinski definition) is 0. The van der Waals surface area contributed by atoms with Crippen molar-refractivity contribution in [2.45, 2.75) is 27.7 Å². The van der Waals surface area contributed by atoms with Crippen LogP contribution in [0.25, 0.3) is 6.08 Å². The van der Waals surface area contributed by atoms with Crippen LogP contribution in [-0.2, 0) is 0 Å². The van der Waals surface area contributed by atoms with Crippen LogP contribution in [0.15, 0.2) is 121 Å². The van der Waals surface area contributed by atoms with Crippen molar-refractivity contribution in [2.75, 3.05) is 6.16 Å². The molecule has 0 aliphatic heterocycles. The maximum atomic E-state index is 2.44. The van der Waals surface area contributed by atoms with E-state index in [0.717, 1.165) is 6.16 Å². The zero-order valence-corrected chi connectivity index (χ0v) is 23.6. The molecule has 0 saturated carbocycles. The Morgan fingerprint density at radius 2 is 1.06 bits per heavy atom. The monoisotopic (exact) mass is 540 g/mol. The molecule has 0 amide bonds. The van der Waals surface area contributed by atoms with Crippen molar-refractivity contribution in [3.8, 4) is 0 Å². The topological polar surface area (TPSA) is 0 Å². The van der Waals surface area contributed by atoms with Gasteiger partial charge in [0.2, 0.25) is 0 Å². The third kappa shape index (κ3) is 5.92. The maximum Gasteiger partial charge on any atom is 0.115 e. The summed E-state index contributed by atoms with van der Waals surface area (Å²) in [7, 11) is -1.84. The van der Waals surface area contributed by atoms with Crippen LogP contribution in [0, 0.1) is 20.8 Å². The first-order valence-electron chi connectivity index (χ1n) is 12.0. The Labute approximate surface area is 222 Å². The molecular weight excluding hydrogens is 507 g/mol. The highest BCUT2D eigenvalue weighted by Gasteiger charge is 2.44. The highest BCUT2D eigenvalue weighted by Crippen LogP contribution is 2.55. The van der Waals surface area contributed by atoms with Gasteiger partial charge in [0.1, 0.15) is 23.2 Å². The Morgan fingerprint density at radius 1 is 0.629 bits per heavy atom. The molecule has 0 atom stereocenters. The maximum absolute atomic E-state index is 2.44. The lowest BCUT2D eigenvalue weighted by molar-refractivity contribution is -0.00000685. The minimum absolute atomic E-state index is 0. The summed E-state index contributed by atoms with van der Waals surface area (Å²) >= 11 is 0. The standard InChI is InChI=1S/C33H34P.BrH/c1-26(20-23-33-28(3)22-21-27(2)29(33)4)24-25-34(30-14-8-5-9-15-30,31-16-10-6-11-17-31)32-18-12-7-13-19-32;/h5-24H,25H2,1-4H3;1H/q+1;/p-1/b23-20?,26-24+;. The normalized spacial score (nSPS) is 11.9. The van der Waals surface area contributed by atoms with E-state index < -0.39 is 7.26 Å². The Bertz CT molecular complexity index is 1190. The molecule has 0 saturated heterocycles. The first kappa shape index (κ1) is 26.9. The van der Waals surface area contributed by atoms with E-state index in [4.69, 9.17) is 0 Å². The SMILES string of the molecule is C/C(C=Cc1c(C)ccc(C)c1C)=C\C[P+](c1ccccc1)(c1ccccc1)c1ccccc1.[Br-]. The van der Waals surface area contributed by atoms with Gasteiger partial charge in [-0.05, 0) is 92.4 Å². The Kier molecular flexibility index (Phi) is 9.44. The first-order chi connectivity index (χ1) is 16.5. The van der Waals surface area contributed by atoms with Crippen molar-refractivity contribution in [3.05, 3.63) is 143 Å². The quantitative estimate of drug-likeness (QED) is 0.238. The summed E-state index contributed by atoms with van der Waals surface area (Å²) in [5.74, 6) is 0. The third-order valence-electron chi connectivity index (χ3n) is 6.79. The second kappa shape index (κ2) is 12.3. The predicted octanol–water partition coefficient (Wildman–Crippen LogP) is 4.57. The fraction of sp³-hybridized carbons (Fsp3) is 0.152. The molecule has 0 radical (unpaired) electrons. The van der Waals surface area contributed by atoms with Crippen LogP contribution in [0.4, 0.5) is 0 Å². The van der Waals surface area contributed by atoms with Crippen LogP contribution in [0.5, 0.6) is 0 Å². The molecule has 0 aromatic heterocycles. The molecule has 4 aromatic rings. The molecule has 0 N–H and O–H groups in total.